The van der Waals surface area contributed by atoms with E-state index < -0.39 is 0 Å². The number of nitrogens with one attached hydrogen (secondary N) is 1. The van der Waals surface area contributed by atoms with Crippen LogP contribution in [0.2, 0.25) is 0 Å². The lowest BCUT2D eigenvalue weighted by Crippen LogP contribution is -2.21. The van der Waals surface area contributed by atoms with E-state index in [1.165, 1.54) is 10.6 Å². The van der Waals surface area contributed by atoms with Crippen LogP contribution in [0.15, 0.2) is 24.3 Å². The third-order valence-electron chi connectivity index (χ3n) is 3.27. The molecule has 1 aromatic carbocycles. The van der Waals surface area contributed by atoms with Gasteiger partial charge in [0.25, 0.3) is 0 Å². The Kier molecular flexibility index (Phi) is 5.76. The smallest absolute Gasteiger partial charge is 0.140 e. The molecule has 0 saturated heterocycles. The lowest BCUT2D eigenvalue weighted by Gasteiger charge is -2.07. The van der Waals surface area contributed by atoms with E-state index in [0.29, 0.717) is 12.6 Å². The number of nitrogens with zero attached hydrogens (tertiary/aromatic N) is 1. The van der Waals surface area contributed by atoms with E-state index in [0.717, 1.165) is 29.3 Å². The van der Waals surface area contributed by atoms with Crippen LogP contribution >= 0.6 is 11.3 Å². The Hall–Kier alpha value is -1.39. The third-order valence-corrected chi connectivity index (χ3v) is 4.34. The van der Waals surface area contributed by atoms with Gasteiger partial charge >= 0.3 is 0 Å². The number of hydrogen-bond donors (Lipinski definition) is 1. The number of aromatic nitrogens is 1. The maximum atomic E-state index is 5.89. The number of aryl methyl sites for hydroxylation is 2. The number of hydrogen-bond acceptors (Lipinski definition) is 4. The van der Waals surface area contributed by atoms with Gasteiger partial charge in [-0.3, -0.25) is 0 Å². The lowest BCUT2D eigenvalue weighted by atomic mass is 10.2. The van der Waals surface area contributed by atoms with Crippen LogP contribution in [0.25, 0.3) is 0 Å². The van der Waals surface area contributed by atoms with Crippen LogP contribution in [0.4, 0.5) is 0 Å². The highest BCUT2D eigenvalue weighted by Crippen LogP contribution is 2.23. The van der Waals surface area contributed by atoms with Crippen LogP contribution in [-0.2, 0) is 19.6 Å². The number of para-hydroxylation sites is 1. The summed E-state index contributed by atoms with van der Waals surface area (Å²) in [4.78, 5) is 6.03. The molecule has 0 amide bonds. The highest BCUT2D eigenvalue weighted by Gasteiger charge is 2.11. The van der Waals surface area contributed by atoms with Crippen molar-refractivity contribution in [1.82, 2.24) is 10.3 Å². The summed E-state index contributed by atoms with van der Waals surface area (Å²) in [6, 6.07) is 8.58. The minimum absolute atomic E-state index is 0.489. The second-order valence-electron chi connectivity index (χ2n) is 5.42. The molecule has 4 heteroatoms. The first kappa shape index (κ1) is 16.0. The largest absolute Gasteiger partial charge is 0.486 e. The minimum Gasteiger partial charge on any atom is -0.486 e. The third kappa shape index (κ3) is 4.55. The first-order valence-corrected chi connectivity index (χ1v) is 8.31. The van der Waals surface area contributed by atoms with Gasteiger partial charge in [0.1, 0.15) is 17.4 Å². The zero-order valence-electron chi connectivity index (χ0n) is 13.3. The first-order valence-electron chi connectivity index (χ1n) is 7.49. The predicted octanol–water partition coefficient (Wildman–Crippen LogP) is 4.09. The molecule has 0 unspecified atom stereocenters. The van der Waals surface area contributed by atoms with Crippen LogP contribution in [0.5, 0.6) is 5.75 Å². The molecule has 0 atom stereocenters. The molecular weight excluding hydrogens is 280 g/mol. The van der Waals surface area contributed by atoms with Crippen LogP contribution < -0.4 is 10.1 Å². The molecular formula is C17H24N2OS. The van der Waals surface area contributed by atoms with E-state index >= 15 is 0 Å². The second-order valence-corrected chi connectivity index (χ2v) is 6.59. The number of rotatable bonds is 7. The lowest BCUT2D eigenvalue weighted by molar-refractivity contribution is 0.303. The molecule has 3 nitrogen and oxygen atoms in total. The topological polar surface area (TPSA) is 34.1 Å². The molecule has 0 aliphatic rings. The summed E-state index contributed by atoms with van der Waals surface area (Å²) in [5.41, 5.74) is 2.35. The highest BCUT2D eigenvalue weighted by atomic mass is 32.1. The molecule has 0 aliphatic heterocycles. The monoisotopic (exact) mass is 304 g/mol. The summed E-state index contributed by atoms with van der Waals surface area (Å²) in [7, 11) is 0. The van der Waals surface area contributed by atoms with Crippen molar-refractivity contribution in [2.75, 3.05) is 0 Å². The Labute approximate surface area is 131 Å². The van der Waals surface area contributed by atoms with Gasteiger partial charge in [0.15, 0.2) is 0 Å². The fourth-order valence-corrected chi connectivity index (χ4v) is 3.09. The Bertz CT molecular complexity index is 578. The van der Waals surface area contributed by atoms with Gasteiger partial charge in [-0.15, -0.1) is 11.3 Å². The number of benzene rings is 1. The van der Waals surface area contributed by atoms with Crippen molar-refractivity contribution in [1.29, 1.82) is 0 Å². The van der Waals surface area contributed by atoms with Gasteiger partial charge in [-0.2, -0.15) is 0 Å². The van der Waals surface area contributed by atoms with Gasteiger partial charge < -0.3 is 10.1 Å². The number of ether oxygens (including phenoxy) is 1. The summed E-state index contributed by atoms with van der Waals surface area (Å²) in [5.74, 6) is 0.938. The molecule has 0 aliphatic carbocycles. The van der Waals surface area contributed by atoms with Crippen molar-refractivity contribution >= 4 is 11.3 Å². The van der Waals surface area contributed by atoms with Gasteiger partial charge in [0.05, 0.1) is 5.69 Å². The zero-order chi connectivity index (χ0) is 15.2. The fourth-order valence-electron chi connectivity index (χ4n) is 2.07. The minimum atomic E-state index is 0.489. The first-order chi connectivity index (χ1) is 10.1. The molecule has 2 rings (SSSR count). The standard InChI is InChI=1S/C17H24N2OS/c1-5-14-16(10-18-12(2)3)21-17(19-14)11-20-15-9-7-6-8-13(15)4/h6-9,12,18H,5,10-11H2,1-4H3. The summed E-state index contributed by atoms with van der Waals surface area (Å²) >= 11 is 1.75. The molecule has 0 bridgehead atoms. The maximum absolute atomic E-state index is 5.89. The summed E-state index contributed by atoms with van der Waals surface area (Å²) < 4.78 is 5.89. The normalized spacial score (nSPS) is 11.1. The zero-order valence-corrected chi connectivity index (χ0v) is 14.1. The van der Waals surface area contributed by atoms with Crippen molar-refractivity contribution < 1.29 is 4.74 Å². The van der Waals surface area contributed by atoms with Gasteiger partial charge in [0.2, 0.25) is 0 Å². The molecule has 21 heavy (non-hydrogen) atoms. The van der Waals surface area contributed by atoms with Gasteiger partial charge in [-0.25, -0.2) is 4.98 Å². The molecule has 1 N–H and O–H groups in total. The second kappa shape index (κ2) is 7.57. The average Bonchev–Trinajstić information content (AvgIpc) is 2.86. The van der Waals surface area contributed by atoms with Gasteiger partial charge in [0, 0.05) is 17.5 Å². The van der Waals surface area contributed by atoms with Crippen LogP contribution in [0.3, 0.4) is 0 Å². The fraction of sp³-hybridized carbons (Fsp3) is 0.471. The van der Waals surface area contributed by atoms with E-state index in [1.807, 2.05) is 18.2 Å². The van der Waals surface area contributed by atoms with Crippen LogP contribution in [0.1, 0.15) is 41.9 Å². The quantitative estimate of drug-likeness (QED) is 0.836. The highest BCUT2D eigenvalue weighted by molar-refractivity contribution is 7.11. The summed E-state index contributed by atoms with van der Waals surface area (Å²) in [6.07, 6.45) is 0.968. The maximum Gasteiger partial charge on any atom is 0.140 e. The molecule has 1 heterocycles. The Morgan fingerprint density at radius 3 is 2.71 bits per heavy atom. The molecule has 0 fully saturated rings. The van der Waals surface area contributed by atoms with E-state index in [2.05, 4.69) is 39.1 Å². The van der Waals surface area contributed by atoms with Crippen molar-refractivity contribution in [3.8, 4) is 5.75 Å². The van der Waals surface area contributed by atoms with Gasteiger partial charge in [-0.05, 0) is 25.0 Å². The molecule has 2 aromatic rings. The molecule has 0 radical (unpaired) electrons. The van der Waals surface area contributed by atoms with Crippen molar-refractivity contribution in [3.63, 3.8) is 0 Å². The van der Waals surface area contributed by atoms with Crippen LogP contribution in [0, 0.1) is 6.92 Å². The van der Waals surface area contributed by atoms with E-state index in [4.69, 9.17) is 9.72 Å². The Morgan fingerprint density at radius 1 is 1.29 bits per heavy atom. The summed E-state index contributed by atoms with van der Waals surface area (Å²) in [6.45, 7) is 9.98. The molecule has 1 aromatic heterocycles. The SMILES string of the molecule is CCc1nc(COc2ccccc2C)sc1CNC(C)C. The predicted molar refractivity (Wildman–Crippen MR) is 89.0 cm³/mol. The van der Waals surface area contributed by atoms with E-state index in [-0.39, 0.29) is 0 Å². The van der Waals surface area contributed by atoms with Gasteiger partial charge in [-0.1, -0.05) is 39.0 Å². The molecule has 0 spiro atoms. The Morgan fingerprint density at radius 2 is 2.05 bits per heavy atom. The molecule has 0 saturated carbocycles. The average molecular weight is 304 g/mol. The van der Waals surface area contributed by atoms with Crippen molar-refractivity contribution in [2.45, 2.75) is 53.3 Å². The number of thiazole rings is 1. The Balaban J connectivity index is 2.02. The van der Waals surface area contributed by atoms with Crippen LogP contribution in [-0.4, -0.2) is 11.0 Å². The van der Waals surface area contributed by atoms with E-state index in [1.54, 1.807) is 11.3 Å². The van der Waals surface area contributed by atoms with Crippen molar-refractivity contribution in [3.05, 3.63) is 45.4 Å². The summed E-state index contributed by atoms with van der Waals surface area (Å²) in [5, 5.41) is 4.51. The molecule has 114 valence electrons. The van der Waals surface area contributed by atoms with Crippen molar-refractivity contribution in [2.24, 2.45) is 0 Å². The van der Waals surface area contributed by atoms with E-state index in [9.17, 15) is 0 Å².